The van der Waals surface area contributed by atoms with Gasteiger partial charge in [0.2, 0.25) is 0 Å². The van der Waals surface area contributed by atoms with Gasteiger partial charge in [-0.3, -0.25) is 4.90 Å². The summed E-state index contributed by atoms with van der Waals surface area (Å²) in [5.41, 5.74) is 1.20. The van der Waals surface area contributed by atoms with E-state index in [0.29, 0.717) is 12.1 Å². The molecule has 2 rings (SSSR count). The van der Waals surface area contributed by atoms with Crippen LogP contribution in [0, 0.1) is 11.2 Å². The first kappa shape index (κ1) is 16.7. The van der Waals surface area contributed by atoms with Crippen LogP contribution in [0.4, 0.5) is 4.39 Å². The molecule has 1 aliphatic rings. The fourth-order valence-electron chi connectivity index (χ4n) is 2.80. The lowest BCUT2D eigenvalue weighted by atomic mass is 9.86. The lowest BCUT2D eigenvalue weighted by Crippen LogP contribution is -2.47. The molecular formula is C17H26ClFN2. The van der Waals surface area contributed by atoms with E-state index < -0.39 is 0 Å². The minimum absolute atomic E-state index is 0.192. The van der Waals surface area contributed by atoms with Gasteiger partial charge in [0.25, 0.3) is 0 Å². The predicted molar refractivity (Wildman–Crippen MR) is 87.1 cm³/mol. The van der Waals surface area contributed by atoms with Gasteiger partial charge in [-0.25, -0.2) is 4.39 Å². The second-order valence-corrected chi connectivity index (χ2v) is 7.60. The molecule has 0 amide bonds. The maximum Gasteiger partial charge on any atom is 0.142 e. The summed E-state index contributed by atoms with van der Waals surface area (Å²) in [4.78, 5) is 2.44. The van der Waals surface area contributed by atoms with Gasteiger partial charge in [-0.2, -0.15) is 0 Å². The molecule has 0 aliphatic carbocycles. The number of halogens is 2. The molecule has 0 aromatic heterocycles. The zero-order valence-electron chi connectivity index (χ0n) is 13.4. The molecule has 1 heterocycles. The van der Waals surface area contributed by atoms with Crippen LogP contribution >= 0.6 is 11.6 Å². The van der Waals surface area contributed by atoms with Crippen molar-refractivity contribution in [3.8, 4) is 0 Å². The van der Waals surface area contributed by atoms with Crippen LogP contribution in [-0.4, -0.2) is 30.1 Å². The molecule has 1 fully saturated rings. The predicted octanol–water partition coefficient (Wildman–Crippen LogP) is 4.08. The van der Waals surface area contributed by atoms with Gasteiger partial charge in [0.1, 0.15) is 5.82 Å². The number of nitrogens with zero attached hydrogens (tertiary/aromatic N) is 1. The van der Waals surface area contributed by atoms with Crippen molar-refractivity contribution >= 4 is 11.6 Å². The molecular weight excluding hydrogens is 287 g/mol. The van der Waals surface area contributed by atoms with Crippen molar-refractivity contribution in [1.82, 2.24) is 10.2 Å². The van der Waals surface area contributed by atoms with Crippen molar-refractivity contribution in [3.05, 3.63) is 34.6 Å². The monoisotopic (exact) mass is 312 g/mol. The highest BCUT2D eigenvalue weighted by Gasteiger charge is 2.30. The van der Waals surface area contributed by atoms with Crippen molar-refractivity contribution < 1.29 is 4.39 Å². The zero-order chi connectivity index (χ0) is 15.6. The Balaban J connectivity index is 2.13. The number of nitrogens with one attached hydrogen (secondary N) is 1. The number of hydrogen-bond acceptors (Lipinski definition) is 2. The van der Waals surface area contributed by atoms with Gasteiger partial charge >= 0.3 is 0 Å². The fourth-order valence-corrected chi connectivity index (χ4v) is 2.92. The Morgan fingerprint density at radius 2 is 2.10 bits per heavy atom. The lowest BCUT2D eigenvalue weighted by molar-refractivity contribution is 0.157. The first-order chi connectivity index (χ1) is 9.77. The van der Waals surface area contributed by atoms with E-state index in [1.165, 1.54) is 0 Å². The highest BCUT2D eigenvalue weighted by molar-refractivity contribution is 6.30. The van der Waals surface area contributed by atoms with Crippen molar-refractivity contribution in [2.75, 3.05) is 13.1 Å². The molecule has 1 N–H and O–H groups in total. The fraction of sp³-hybridized carbons (Fsp3) is 0.647. The summed E-state index contributed by atoms with van der Waals surface area (Å²) in [5.74, 6) is -0.331. The van der Waals surface area contributed by atoms with E-state index in [9.17, 15) is 4.39 Å². The first-order valence-corrected chi connectivity index (χ1v) is 8.06. The van der Waals surface area contributed by atoms with Crippen LogP contribution in [-0.2, 0) is 6.54 Å². The third-order valence-electron chi connectivity index (χ3n) is 4.41. The minimum Gasteiger partial charge on any atom is -0.312 e. The van der Waals surface area contributed by atoms with Gasteiger partial charge in [0, 0.05) is 25.2 Å². The maximum atomic E-state index is 13.6. The molecule has 2 unspecified atom stereocenters. The summed E-state index contributed by atoms with van der Waals surface area (Å²) >= 11 is 5.76. The topological polar surface area (TPSA) is 15.3 Å². The number of benzene rings is 1. The van der Waals surface area contributed by atoms with Crippen LogP contribution < -0.4 is 5.32 Å². The van der Waals surface area contributed by atoms with E-state index in [2.05, 4.69) is 37.9 Å². The van der Waals surface area contributed by atoms with Gasteiger partial charge in [-0.15, -0.1) is 0 Å². The molecule has 118 valence electrons. The molecule has 21 heavy (non-hydrogen) atoms. The van der Waals surface area contributed by atoms with Crippen molar-refractivity contribution in [1.29, 1.82) is 0 Å². The Morgan fingerprint density at radius 1 is 1.38 bits per heavy atom. The molecule has 1 aromatic rings. The summed E-state index contributed by atoms with van der Waals surface area (Å²) in [6.45, 7) is 11.8. The van der Waals surface area contributed by atoms with E-state index in [-0.39, 0.29) is 16.3 Å². The molecule has 0 bridgehead atoms. The molecule has 0 spiro atoms. The van der Waals surface area contributed by atoms with Gasteiger partial charge in [0.05, 0.1) is 5.02 Å². The summed E-state index contributed by atoms with van der Waals surface area (Å²) in [5, 5.41) is 3.84. The van der Waals surface area contributed by atoms with E-state index in [4.69, 9.17) is 11.6 Å². The van der Waals surface area contributed by atoms with E-state index >= 15 is 0 Å². The van der Waals surface area contributed by atoms with Gasteiger partial charge in [0.15, 0.2) is 0 Å². The Hall–Kier alpha value is -0.640. The Labute approximate surface area is 132 Å². The highest BCUT2D eigenvalue weighted by atomic mass is 35.5. The summed E-state index contributed by atoms with van der Waals surface area (Å²) in [6, 6.07) is 6.05. The SMILES string of the molecule is CC1CCNC(C(C)(C)C)CN1Cc1ccc(Cl)c(F)c1. The summed E-state index contributed by atoms with van der Waals surface area (Å²) in [7, 11) is 0. The standard InChI is InChI=1S/C17H26ClFN2/c1-12-7-8-20-16(17(2,3)4)11-21(12)10-13-5-6-14(18)15(19)9-13/h5-6,9,12,16,20H,7-8,10-11H2,1-4H3. The van der Waals surface area contributed by atoms with E-state index in [1.807, 2.05) is 6.07 Å². The molecule has 2 atom stereocenters. The average Bonchev–Trinajstić information content (AvgIpc) is 2.56. The third-order valence-corrected chi connectivity index (χ3v) is 4.71. The van der Waals surface area contributed by atoms with Crippen LogP contribution in [0.2, 0.25) is 5.02 Å². The Kier molecular flexibility index (Phi) is 5.29. The smallest absolute Gasteiger partial charge is 0.142 e. The summed E-state index contributed by atoms with van der Waals surface area (Å²) < 4.78 is 13.6. The molecule has 4 heteroatoms. The van der Waals surface area contributed by atoms with Gasteiger partial charge in [-0.05, 0) is 43.0 Å². The second kappa shape index (κ2) is 6.64. The Morgan fingerprint density at radius 3 is 2.71 bits per heavy atom. The zero-order valence-corrected chi connectivity index (χ0v) is 14.2. The molecule has 0 saturated carbocycles. The van der Waals surface area contributed by atoms with Crippen LogP contribution in [0.1, 0.15) is 39.7 Å². The number of hydrogen-bond donors (Lipinski definition) is 1. The van der Waals surface area contributed by atoms with Crippen LogP contribution in [0.25, 0.3) is 0 Å². The quantitative estimate of drug-likeness (QED) is 0.885. The first-order valence-electron chi connectivity index (χ1n) is 7.68. The van der Waals surface area contributed by atoms with Crippen LogP contribution in [0.15, 0.2) is 18.2 Å². The van der Waals surface area contributed by atoms with Gasteiger partial charge in [-0.1, -0.05) is 38.4 Å². The molecule has 1 saturated heterocycles. The normalized spacial score (nSPS) is 24.9. The molecule has 1 aliphatic heterocycles. The lowest BCUT2D eigenvalue weighted by Gasteiger charge is -2.35. The largest absolute Gasteiger partial charge is 0.312 e. The average molecular weight is 313 g/mol. The van der Waals surface area contributed by atoms with Crippen molar-refractivity contribution in [3.63, 3.8) is 0 Å². The number of rotatable bonds is 2. The van der Waals surface area contributed by atoms with Crippen LogP contribution in [0.3, 0.4) is 0 Å². The molecule has 0 radical (unpaired) electrons. The van der Waals surface area contributed by atoms with Gasteiger partial charge < -0.3 is 5.32 Å². The molecule has 2 nitrogen and oxygen atoms in total. The highest BCUT2D eigenvalue weighted by Crippen LogP contribution is 2.25. The Bertz CT molecular complexity index is 484. The third kappa shape index (κ3) is 4.41. The molecule has 1 aromatic carbocycles. The van der Waals surface area contributed by atoms with Crippen molar-refractivity contribution in [2.24, 2.45) is 5.41 Å². The second-order valence-electron chi connectivity index (χ2n) is 7.19. The van der Waals surface area contributed by atoms with E-state index in [0.717, 1.165) is 31.6 Å². The maximum absolute atomic E-state index is 13.6. The van der Waals surface area contributed by atoms with Crippen LogP contribution in [0.5, 0.6) is 0 Å². The minimum atomic E-state index is -0.331. The van der Waals surface area contributed by atoms with Crippen molar-refractivity contribution in [2.45, 2.75) is 52.7 Å². The summed E-state index contributed by atoms with van der Waals surface area (Å²) in [6.07, 6.45) is 1.11. The van der Waals surface area contributed by atoms with E-state index in [1.54, 1.807) is 12.1 Å².